The zero-order chi connectivity index (χ0) is 31.8. The predicted octanol–water partition coefficient (Wildman–Crippen LogP) is 3.53. The van der Waals surface area contributed by atoms with E-state index in [0.29, 0.717) is 23.9 Å². The first-order valence-corrected chi connectivity index (χ1v) is 15.1. The maximum absolute atomic E-state index is 13.0. The fraction of sp³-hybridized carbons (Fsp3) is 0.364. The third-order valence-corrected chi connectivity index (χ3v) is 8.89. The molecule has 11 nitrogen and oxygen atoms in total. The van der Waals surface area contributed by atoms with Crippen LogP contribution in [0.4, 0.5) is 0 Å². The first kappa shape index (κ1) is 31.0. The van der Waals surface area contributed by atoms with E-state index in [1.807, 2.05) is 41.3 Å². The third kappa shape index (κ3) is 6.27. The van der Waals surface area contributed by atoms with Crippen LogP contribution >= 0.6 is 11.6 Å². The lowest BCUT2D eigenvalue weighted by molar-refractivity contribution is -0.278. The van der Waals surface area contributed by atoms with Crippen LogP contribution in [0.5, 0.6) is 5.75 Å². The minimum Gasteiger partial charge on any atom is -0.489 e. The summed E-state index contributed by atoms with van der Waals surface area (Å²) in [6.45, 7) is 0.854. The van der Waals surface area contributed by atoms with E-state index in [2.05, 4.69) is 0 Å². The Bertz CT molecular complexity index is 1620. The first-order chi connectivity index (χ1) is 21.6. The van der Waals surface area contributed by atoms with Crippen LogP contribution in [0, 0.1) is 0 Å². The highest BCUT2D eigenvalue weighted by Crippen LogP contribution is 2.34. The molecule has 1 aliphatic carbocycles. The van der Waals surface area contributed by atoms with Gasteiger partial charge in [-0.25, -0.2) is 9.59 Å². The zero-order valence-corrected chi connectivity index (χ0v) is 24.8. The molecule has 6 rings (SSSR count). The van der Waals surface area contributed by atoms with E-state index in [-0.39, 0.29) is 23.1 Å². The highest BCUT2D eigenvalue weighted by molar-refractivity contribution is 6.33. The molecule has 1 saturated heterocycles. The van der Waals surface area contributed by atoms with Crippen molar-refractivity contribution in [2.75, 3.05) is 0 Å². The van der Waals surface area contributed by atoms with Crippen molar-refractivity contribution < 1.29 is 49.0 Å². The number of esters is 1. The number of hydrogen-bond acceptors (Lipinski definition) is 9. The van der Waals surface area contributed by atoms with Gasteiger partial charge in [-0.1, -0.05) is 48.7 Å². The minimum atomic E-state index is -1.92. The van der Waals surface area contributed by atoms with Gasteiger partial charge in [-0.15, -0.1) is 0 Å². The molecule has 4 N–H and O–H groups in total. The number of halogens is 1. The number of carbonyl (C=O) groups excluding carboxylic acids is 2. The number of aliphatic hydroxyl groups excluding tert-OH is 3. The van der Waals surface area contributed by atoms with Crippen molar-refractivity contribution in [2.24, 2.45) is 0 Å². The molecule has 3 aromatic carbocycles. The number of rotatable bonds is 8. The number of amides is 1. The second kappa shape index (κ2) is 12.8. The smallest absolute Gasteiger partial charge is 0.342 e. The second-order valence-electron chi connectivity index (χ2n) is 11.5. The van der Waals surface area contributed by atoms with Gasteiger partial charge in [0.25, 0.3) is 5.91 Å². The number of carboxylic acids is 1. The van der Waals surface area contributed by atoms with Crippen molar-refractivity contribution >= 4 is 29.4 Å². The van der Waals surface area contributed by atoms with Crippen molar-refractivity contribution in [3.8, 4) is 16.9 Å². The van der Waals surface area contributed by atoms with Gasteiger partial charge in [-0.2, -0.15) is 0 Å². The van der Waals surface area contributed by atoms with Gasteiger partial charge in [0, 0.05) is 18.2 Å². The average molecular weight is 638 g/mol. The van der Waals surface area contributed by atoms with E-state index in [9.17, 15) is 34.8 Å². The standard InChI is InChI=1S/C33H32ClNO10/c34-25-11-8-19(14-24(25)32(42)45-33-28(38)26(36)27(37)29(44-33)31(40)41)18-5-3-4-17(12-18)16-43-22-9-10-23-20(13-22)15-35(30(23)39)21-6-1-2-7-21/h3-5,8-14,21,26-29,33,36-38H,1-2,6-7,15-16H2,(H,40,41)/t26-,27-,28+,29-,33?/m0/s1. The molecule has 3 aliphatic rings. The van der Waals surface area contributed by atoms with Crippen molar-refractivity contribution in [3.05, 3.63) is 87.9 Å². The summed E-state index contributed by atoms with van der Waals surface area (Å²) >= 11 is 6.28. The fourth-order valence-corrected chi connectivity index (χ4v) is 6.30. The second-order valence-corrected chi connectivity index (χ2v) is 11.9. The summed E-state index contributed by atoms with van der Waals surface area (Å²) in [4.78, 5) is 39.3. The summed E-state index contributed by atoms with van der Waals surface area (Å²) < 4.78 is 16.3. The molecule has 1 unspecified atom stereocenters. The van der Waals surface area contributed by atoms with Crippen molar-refractivity contribution in [2.45, 2.75) is 75.6 Å². The van der Waals surface area contributed by atoms with Crippen molar-refractivity contribution in [3.63, 3.8) is 0 Å². The van der Waals surface area contributed by atoms with Gasteiger partial charge in [0.05, 0.1) is 10.6 Å². The number of aliphatic hydroxyl groups is 3. The Morgan fingerprint density at radius 2 is 1.69 bits per heavy atom. The maximum atomic E-state index is 13.0. The molecule has 0 bridgehead atoms. The van der Waals surface area contributed by atoms with Crippen molar-refractivity contribution in [1.29, 1.82) is 0 Å². The Kier molecular flexibility index (Phi) is 8.80. The molecular formula is C33H32ClNO10. The van der Waals surface area contributed by atoms with Crippen molar-refractivity contribution in [1.82, 2.24) is 4.90 Å². The summed E-state index contributed by atoms with van der Waals surface area (Å²) in [6, 6.07) is 18.0. The third-order valence-electron chi connectivity index (χ3n) is 8.56. The molecule has 236 valence electrons. The number of nitrogens with zero attached hydrogens (tertiary/aromatic N) is 1. The largest absolute Gasteiger partial charge is 0.489 e. The molecule has 0 aromatic heterocycles. The van der Waals surface area contributed by atoms with Gasteiger partial charge in [0.1, 0.15) is 30.7 Å². The molecule has 3 aromatic rings. The Labute approximate surface area is 263 Å². The van der Waals surface area contributed by atoms with E-state index in [4.69, 9.17) is 25.8 Å². The Morgan fingerprint density at radius 3 is 2.44 bits per heavy atom. The Morgan fingerprint density at radius 1 is 0.933 bits per heavy atom. The van der Waals surface area contributed by atoms with E-state index in [1.54, 1.807) is 12.1 Å². The number of carboxylic acid groups (broad SMARTS) is 1. The highest BCUT2D eigenvalue weighted by atomic mass is 35.5. The van der Waals surface area contributed by atoms with Crippen LogP contribution in [0.2, 0.25) is 5.02 Å². The SMILES string of the molecule is O=C(OC1O[C@H](C(=O)O)[C@@H](O)[C@H](O)[C@H]1O)c1cc(-c2cccc(COc3ccc4c(c3)CN(C3CCCC3)C4=O)c2)ccc1Cl. The van der Waals surface area contributed by atoms with E-state index < -0.39 is 42.6 Å². The number of carbonyl (C=O) groups is 3. The number of hydrogen-bond donors (Lipinski definition) is 4. The van der Waals surface area contributed by atoms with Gasteiger partial charge in [-0.05, 0) is 71.5 Å². The number of benzene rings is 3. The molecule has 0 spiro atoms. The summed E-state index contributed by atoms with van der Waals surface area (Å²) in [7, 11) is 0. The molecule has 45 heavy (non-hydrogen) atoms. The quantitative estimate of drug-likeness (QED) is 0.269. The molecule has 0 radical (unpaired) electrons. The molecular weight excluding hydrogens is 606 g/mol. The lowest BCUT2D eigenvalue weighted by Gasteiger charge is -2.37. The fourth-order valence-electron chi connectivity index (χ4n) is 6.11. The normalized spacial score (nSPS) is 24.8. The Balaban J connectivity index is 1.13. The average Bonchev–Trinajstić information content (AvgIpc) is 3.68. The minimum absolute atomic E-state index is 0.0329. The molecule has 2 fully saturated rings. The first-order valence-electron chi connectivity index (χ1n) is 14.7. The summed E-state index contributed by atoms with van der Waals surface area (Å²) in [6.07, 6.45) is -5.10. The van der Waals surface area contributed by atoms with Gasteiger partial charge in [0.2, 0.25) is 6.29 Å². The molecule has 2 heterocycles. The van der Waals surface area contributed by atoms with Gasteiger partial charge in [0.15, 0.2) is 6.10 Å². The topological polar surface area (TPSA) is 163 Å². The number of aliphatic carboxylic acids is 1. The van der Waals surface area contributed by atoms with Crippen LogP contribution in [-0.4, -0.2) is 79.9 Å². The Hall–Kier alpha value is -4.00. The van der Waals surface area contributed by atoms with Gasteiger partial charge < -0.3 is 39.5 Å². The van der Waals surface area contributed by atoms with Crippen LogP contribution in [0.1, 0.15) is 57.5 Å². The predicted molar refractivity (Wildman–Crippen MR) is 160 cm³/mol. The van der Waals surface area contributed by atoms with E-state index in [1.165, 1.54) is 12.1 Å². The van der Waals surface area contributed by atoms with Crippen LogP contribution < -0.4 is 4.74 Å². The van der Waals surface area contributed by atoms with Gasteiger partial charge in [-0.3, -0.25) is 4.79 Å². The molecule has 12 heteroatoms. The van der Waals surface area contributed by atoms with E-state index in [0.717, 1.165) is 47.9 Å². The van der Waals surface area contributed by atoms with Crippen LogP contribution in [0.25, 0.3) is 11.1 Å². The maximum Gasteiger partial charge on any atom is 0.342 e. The zero-order valence-electron chi connectivity index (χ0n) is 24.0. The van der Waals surface area contributed by atoms with Crippen LogP contribution in [0.3, 0.4) is 0 Å². The summed E-state index contributed by atoms with van der Waals surface area (Å²) in [5.41, 5.74) is 3.81. The van der Waals surface area contributed by atoms with Crippen LogP contribution in [-0.2, 0) is 27.4 Å². The molecule has 5 atom stereocenters. The molecule has 1 amide bonds. The monoisotopic (exact) mass is 637 g/mol. The summed E-state index contributed by atoms with van der Waals surface area (Å²) in [5.74, 6) is -1.88. The molecule has 1 saturated carbocycles. The molecule has 2 aliphatic heterocycles. The lowest BCUT2D eigenvalue weighted by atomic mass is 9.99. The van der Waals surface area contributed by atoms with Gasteiger partial charge >= 0.3 is 11.9 Å². The number of fused-ring (bicyclic) bond motifs is 1. The summed E-state index contributed by atoms with van der Waals surface area (Å²) in [5, 5.41) is 39.4. The van der Waals surface area contributed by atoms with E-state index >= 15 is 0 Å². The highest BCUT2D eigenvalue weighted by Gasteiger charge is 2.48. The number of ether oxygens (including phenoxy) is 3. The lowest BCUT2D eigenvalue weighted by Crippen LogP contribution is -2.60. The van der Waals surface area contributed by atoms with Crippen LogP contribution in [0.15, 0.2) is 60.7 Å².